The van der Waals surface area contributed by atoms with Gasteiger partial charge in [-0.3, -0.25) is 10.1 Å². The van der Waals surface area contributed by atoms with Gasteiger partial charge in [-0.2, -0.15) is 0 Å². The summed E-state index contributed by atoms with van der Waals surface area (Å²) < 4.78 is 1.55. The van der Waals surface area contributed by atoms with E-state index in [4.69, 9.17) is 0 Å². The zero-order valence-electron chi connectivity index (χ0n) is 7.35. The number of hydrogen-bond acceptors (Lipinski definition) is 4. The number of thiol groups is 1. The second-order valence-corrected chi connectivity index (χ2v) is 4.71. The number of aryl methyl sites for hydroxylation is 1. The number of nitrogens with zero attached hydrogens (tertiary/aromatic N) is 1. The minimum Gasteiger partial charge on any atom is -0.258 e. The topological polar surface area (TPSA) is 43.1 Å². The van der Waals surface area contributed by atoms with Gasteiger partial charge in [0.2, 0.25) is 0 Å². The largest absolute Gasteiger partial charge is 0.287 e. The van der Waals surface area contributed by atoms with E-state index in [1.165, 1.54) is 17.4 Å². The maximum atomic E-state index is 10.7. The Balaban J connectivity index is 2.88. The maximum Gasteiger partial charge on any atom is 0.287 e. The molecule has 14 heavy (non-hydrogen) atoms. The van der Waals surface area contributed by atoms with E-state index in [0.717, 1.165) is 15.2 Å². The molecule has 1 aromatic carbocycles. The van der Waals surface area contributed by atoms with Gasteiger partial charge in [0.25, 0.3) is 5.69 Å². The van der Waals surface area contributed by atoms with Crippen LogP contribution in [0.25, 0.3) is 10.1 Å². The summed E-state index contributed by atoms with van der Waals surface area (Å²) in [4.78, 5) is 10.4. The summed E-state index contributed by atoms with van der Waals surface area (Å²) in [6, 6.07) is 5.10. The number of fused-ring (bicyclic) bond motifs is 1. The summed E-state index contributed by atoms with van der Waals surface area (Å²) >= 11 is 5.62. The Labute approximate surface area is 89.9 Å². The summed E-state index contributed by atoms with van der Waals surface area (Å²) in [6.07, 6.45) is 0. The van der Waals surface area contributed by atoms with Crippen molar-refractivity contribution in [1.82, 2.24) is 0 Å². The van der Waals surface area contributed by atoms with E-state index in [1.807, 2.05) is 13.0 Å². The van der Waals surface area contributed by atoms with Crippen LogP contribution in [0.4, 0.5) is 5.69 Å². The summed E-state index contributed by atoms with van der Waals surface area (Å²) in [5.41, 5.74) is 1.17. The zero-order chi connectivity index (χ0) is 10.3. The molecule has 0 spiro atoms. The second kappa shape index (κ2) is 3.25. The molecule has 1 aromatic heterocycles. The van der Waals surface area contributed by atoms with Crippen molar-refractivity contribution >= 4 is 39.7 Å². The number of thiophene rings is 1. The molecule has 0 N–H and O–H groups in total. The fraction of sp³-hybridized carbons (Fsp3) is 0.111. The molecular weight excluding hydrogens is 218 g/mol. The van der Waals surface area contributed by atoms with E-state index in [0.29, 0.717) is 4.70 Å². The average Bonchev–Trinajstić information content (AvgIpc) is 2.43. The molecule has 0 amide bonds. The van der Waals surface area contributed by atoms with Gasteiger partial charge in [0.15, 0.2) is 0 Å². The molecule has 0 bridgehead atoms. The van der Waals surface area contributed by atoms with Gasteiger partial charge >= 0.3 is 0 Å². The molecular formula is C9H7NO2S2. The van der Waals surface area contributed by atoms with Gasteiger partial charge in [0, 0.05) is 11.5 Å². The number of non-ortho nitro benzene ring substituents is 1. The highest BCUT2D eigenvalue weighted by Gasteiger charge is 2.15. The van der Waals surface area contributed by atoms with Gasteiger partial charge in [-0.05, 0) is 12.5 Å². The molecule has 0 saturated heterocycles. The lowest BCUT2D eigenvalue weighted by molar-refractivity contribution is -0.382. The van der Waals surface area contributed by atoms with Crippen LogP contribution < -0.4 is 0 Å². The number of nitro groups is 1. The van der Waals surface area contributed by atoms with Crippen LogP contribution in [0.15, 0.2) is 22.4 Å². The number of rotatable bonds is 1. The summed E-state index contributed by atoms with van der Waals surface area (Å²) in [5, 5.41) is 11.6. The Kier molecular flexibility index (Phi) is 2.20. The highest BCUT2D eigenvalue weighted by molar-refractivity contribution is 7.83. The third-order valence-electron chi connectivity index (χ3n) is 2.11. The van der Waals surface area contributed by atoms with Crippen molar-refractivity contribution in [3.05, 3.63) is 33.9 Å². The molecule has 2 rings (SSSR count). The van der Waals surface area contributed by atoms with Gasteiger partial charge < -0.3 is 0 Å². The molecule has 0 fully saturated rings. The first-order valence-electron chi connectivity index (χ1n) is 3.96. The molecule has 0 saturated carbocycles. The Bertz CT molecular complexity index is 519. The van der Waals surface area contributed by atoms with Crippen molar-refractivity contribution in [3.63, 3.8) is 0 Å². The van der Waals surface area contributed by atoms with Crippen molar-refractivity contribution < 1.29 is 4.92 Å². The number of benzene rings is 1. The first-order chi connectivity index (χ1) is 6.61. The Morgan fingerprint density at radius 2 is 2.21 bits per heavy atom. The minimum atomic E-state index is -0.356. The van der Waals surface area contributed by atoms with Crippen molar-refractivity contribution in [1.29, 1.82) is 0 Å². The first kappa shape index (κ1) is 9.48. The first-order valence-corrected chi connectivity index (χ1v) is 5.23. The van der Waals surface area contributed by atoms with E-state index in [2.05, 4.69) is 12.6 Å². The Morgan fingerprint density at radius 1 is 1.50 bits per heavy atom. The van der Waals surface area contributed by atoms with Crippen LogP contribution in [0.1, 0.15) is 5.56 Å². The molecule has 0 atom stereocenters. The van der Waals surface area contributed by atoms with Gasteiger partial charge in [-0.25, -0.2) is 0 Å². The van der Waals surface area contributed by atoms with Crippen LogP contribution in [0.3, 0.4) is 0 Å². The van der Waals surface area contributed by atoms with E-state index in [9.17, 15) is 10.1 Å². The molecule has 5 heteroatoms. The van der Waals surface area contributed by atoms with Gasteiger partial charge in [-0.15, -0.1) is 24.0 Å². The van der Waals surface area contributed by atoms with E-state index in [-0.39, 0.29) is 10.6 Å². The molecule has 0 aliphatic carbocycles. The molecule has 3 nitrogen and oxygen atoms in total. The van der Waals surface area contributed by atoms with Gasteiger partial charge in [-0.1, -0.05) is 12.1 Å². The quantitative estimate of drug-likeness (QED) is 0.459. The molecule has 0 aliphatic heterocycles. The SMILES string of the molecule is Cc1c(S)sc2c([N+](=O)[O-])cccc12. The smallest absolute Gasteiger partial charge is 0.258 e. The van der Waals surface area contributed by atoms with E-state index >= 15 is 0 Å². The van der Waals surface area contributed by atoms with Gasteiger partial charge in [0.05, 0.1) is 9.13 Å². The fourth-order valence-corrected chi connectivity index (χ4v) is 2.79. The third kappa shape index (κ3) is 1.29. The fourth-order valence-electron chi connectivity index (χ4n) is 1.36. The molecule has 0 radical (unpaired) electrons. The molecule has 1 heterocycles. The maximum absolute atomic E-state index is 10.7. The average molecular weight is 225 g/mol. The lowest BCUT2D eigenvalue weighted by atomic mass is 10.2. The third-order valence-corrected chi connectivity index (χ3v) is 3.86. The molecule has 0 aliphatic rings. The van der Waals surface area contributed by atoms with Crippen molar-refractivity contribution in [3.8, 4) is 0 Å². The predicted molar refractivity (Wildman–Crippen MR) is 60.5 cm³/mol. The second-order valence-electron chi connectivity index (χ2n) is 2.94. The van der Waals surface area contributed by atoms with Crippen LogP contribution in [-0.2, 0) is 0 Å². The minimum absolute atomic E-state index is 0.163. The Morgan fingerprint density at radius 3 is 2.86 bits per heavy atom. The van der Waals surface area contributed by atoms with Crippen LogP contribution in [0.5, 0.6) is 0 Å². The molecule has 2 aromatic rings. The lowest BCUT2D eigenvalue weighted by Crippen LogP contribution is -1.86. The van der Waals surface area contributed by atoms with E-state index < -0.39 is 0 Å². The highest BCUT2D eigenvalue weighted by atomic mass is 32.2. The molecule has 0 unspecified atom stereocenters. The number of hydrogen-bond donors (Lipinski definition) is 1. The van der Waals surface area contributed by atoms with Crippen LogP contribution in [-0.4, -0.2) is 4.92 Å². The summed E-state index contributed by atoms with van der Waals surface area (Å²) in [5.74, 6) is 0. The van der Waals surface area contributed by atoms with Gasteiger partial charge in [0.1, 0.15) is 4.70 Å². The van der Waals surface area contributed by atoms with Crippen molar-refractivity contribution in [2.75, 3.05) is 0 Å². The Hall–Kier alpha value is -1.07. The highest BCUT2D eigenvalue weighted by Crippen LogP contribution is 2.38. The van der Waals surface area contributed by atoms with E-state index in [1.54, 1.807) is 6.07 Å². The summed E-state index contributed by atoms with van der Waals surface area (Å²) in [6.45, 7) is 1.92. The lowest BCUT2D eigenvalue weighted by Gasteiger charge is -1.92. The van der Waals surface area contributed by atoms with Crippen LogP contribution in [0, 0.1) is 17.0 Å². The normalized spacial score (nSPS) is 10.7. The monoisotopic (exact) mass is 225 g/mol. The summed E-state index contributed by atoms with van der Waals surface area (Å²) in [7, 11) is 0. The predicted octanol–water partition coefficient (Wildman–Crippen LogP) is 3.41. The number of nitro benzene ring substituents is 1. The standard InChI is InChI=1S/C9H7NO2S2/c1-5-6-3-2-4-7(10(11)12)8(6)14-9(5)13/h2-4,13H,1H3. The molecule has 72 valence electrons. The van der Waals surface area contributed by atoms with Crippen molar-refractivity contribution in [2.24, 2.45) is 0 Å². The zero-order valence-corrected chi connectivity index (χ0v) is 9.06. The van der Waals surface area contributed by atoms with Crippen LogP contribution >= 0.6 is 24.0 Å². The van der Waals surface area contributed by atoms with Crippen molar-refractivity contribution in [2.45, 2.75) is 11.1 Å². The van der Waals surface area contributed by atoms with Crippen LogP contribution in [0.2, 0.25) is 0 Å².